The number of halogens is 6. The zero-order valence-electron chi connectivity index (χ0n) is 15.2. The number of carbonyl (C=O) groups is 1. The Labute approximate surface area is 166 Å². The van der Waals surface area contributed by atoms with Crippen molar-refractivity contribution >= 4 is 53.2 Å². The Balaban J connectivity index is 3.41. The predicted molar refractivity (Wildman–Crippen MR) is 93.4 cm³/mol. The highest BCUT2D eigenvalue weighted by Crippen LogP contribution is 2.41. The van der Waals surface area contributed by atoms with E-state index in [1.54, 1.807) is 20.8 Å². The summed E-state index contributed by atoms with van der Waals surface area (Å²) in [5.74, 6) is 0. The zero-order chi connectivity index (χ0) is 22.7. The van der Waals surface area contributed by atoms with Crippen molar-refractivity contribution in [1.29, 1.82) is 0 Å². The van der Waals surface area contributed by atoms with E-state index < -0.39 is 52.6 Å². The quantitative estimate of drug-likeness (QED) is 0.463. The first-order valence-corrected chi connectivity index (χ1v) is 7.63. The predicted octanol–water partition coefficient (Wildman–Crippen LogP) is 0.00470. The van der Waals surface area contributed by atoms with E-state index in [1.807, 2.05) is 0 Å². The molecule has 1 aliphatic heterocycles. The number of alkyl halides is 6. The normalized spacial score (nSPS) is 22.9. The molecule has 0 aliphatic carbocycles. The summed E-state index contributed by atoms with van der Waals surface area (Å²) in [5, 5.41) is -7.70. The lowest BCUT2D eigenvalue weighted by molar-refractivity contribution is -0.309. The molecule has 4 nitrogen and oxygen atoms in total. The number of hydrogen-bond acceptors (Lipinski definition) is 3. The van der Waals surface area contributed by atoms with E-state index in [4.69, 9.17) is 47.1 Å². The van der Waals surface area contributed by atoms with Crippen molar-refractivity contribution in [3.8, 4) is 0 Å². The number of amides is 1. The summed E-state index contributed by atoms with van der Waals surface area (Å²) in [7, 11) is 34.7. The Bertz CT molecular complexity index is 605. The minimum atomic E-state index is -5.98. The topological polar surface area (TPSA) is 32.8 Å². The molecule has 0 aromatic heterocycles. The third-order valence-electron chi connectivity index (χ3n) is 4.09. The van der Waals surface area contributed by atoms with E-state index in [0.717, 1.165) is 4.90 Å². The molecule has 0 bridgehead atoms. The van der Waals surface area contributed by atoms with Gasteiger partial charge in [0.25, 0.3) is 6.10 Å². The summed E-state index contributed by atoms with van der Waals surface area (Å²) < 4.78 is 79.8. The van der Waals surface area contributed by atoms with Gasteiger partial charge in [0, 0.05) is 12.1 Å². The van der Waals surface area contributed by atoms with Crippen LogP contribution in [0, 0.1) is 0 Å². The average molecular weight is 395 g/mol. The monoisotopic (exact) mass is 396 g/mol. The van der Waals surface area contributed by atoms with E-state index in [1.165, 1.54) is 0 Å². The molecule has 0 N–H and O–H groups in total. The molecular formula is C12H12B6F6N2O2. The van der Waals surface area contributed by atoms with Crippen LogP contribution >= 0.6 is 0 Å². The molecule has 16 heteroatoms. The van der Waals surface area contributed by atoms with Crippen molar-refractivity contribution in [3.63, 3.8) is 0 Å². The second-order valence-electron chi connectivity index (χ2n) is 7.58. The second kappa shape index (κ2) is 6.87. The molecule has 0 atom stereocenters. The highest BCUT2D eigenvalue weighted by atomic mass is 19.4. The Morgan fingerprint density at radius 2 is 1.29 bits per heavy atom. The van der Waals surface area contributed by atoms with Gasteiger partial charge >= 0.3 is 18.4 Å². The van der Waals surface area contributed by atoms with E-state index in [9.17, 15) is 31.1 Å². The van der Waals surface area contributed by atoms with Crippen molar-refractivity contribution in [2.24, 2.45) is 0 Å². The third kappa shape index (κ3) is 4.51. The fourth-order valence-corrected chi connectivity index (χ4v) is 2.78. The maximum atomic E-state index is 12.7. The number of rotatable bonds is 1. The van der Waals surface area contributed by atoms with Crippen LogP contribution in [0.4, 0.5) is 31.1 Å². The van der Waals surface area contributed by atoms with Crippen molar-refractivity contribution in [1.82, 2.24) is 9.80 Å². The highest BCUT2D eigenvalue weighted by Gasteiger charge is 2.62. The van der Waals surface area contributed by atoms with Gasteiger partial charge in [-0.15, -0.1) is 0 Å². The number of ether oxygens (including phenoxy) is 1. The maximum Gasteiger partial charge on any atom is 0.434 e. The van der Waals surface area contributed by atoms with Gasteiger partial charge in [0.15, 0.2) is 0 Å². The van der Waals surface area contributed by atoms with Crippen LogP contribution in [0.3, 0.4) is 0 Å². The molecule has 1 amide bonds. The molecule has 1 saturated heterocycles. The second-order valence-corrected chi connectivity index (χ2v) is 7.58. The summed E-state index contributed by atoms with van der Waals surface area (Å²) in [6.45, 7) is 4.11. The molecule has 0 spiro atoms. The number of piperazine rings is 1. The molecule has 1 aliphatic rings. The summed E-state index contributed by atoms with van der Waals surface area (Å²) in [4.78, 5) is 13.2. The lowest BCUT2D eigenvalue weighted by Crippen LogP contribution is -2.87. The van der Waals surface area contributed by atoms with Crippen LogP contribution in [0.5, 0.6) is 0 Å². The molecule has 0 aromatic rings. The fourth-order valence-electron chi connectivity index (χ4n) is 2.78. The summed E-state index contributed by atoms with van der Waals surface area (Å²) >= 11 is 0. The smallest absolute Gasteiger partial charge is 0.427 e. The minimum Gasteiger partial charge on any atom is -0.427 e. The van der Waals surface area contributed by atoms with Crippen molar-refractivity contribution in [3.05, 3.63) is 0 Å². The summed E-state index contributed by atoms with van der Waals surface area (Å²) in [6, 6.07) is 0. The first-order valence-electron chi connectivity index (χ1n) is 7.63. The maximum absolute atomic E-state index is 12.7. The van der Waals surface area contributed by atoms with E-state index in [0.29, 0.717) is 0 Å². The van der Waals surface area contributed by atoms with Gasteiger partial charge in [-0.1, -0.05) is 0 Å². The molecule has 0 unspecified atom stereocenters. The average Bonchev–Trinajstić information content (AvgIpc) is 2.36. The van der Waals surface area contributed by atoms with Gasteiger partial charge in [0.2, 0.25) is 0 Å². The largest absolute Gasteiger partial charge is 0.434 e. The molecule has 1 fully saturated rings. The van der Waals surface area contributed by atoms with Crippen LogP contribution in [-0.2, 0) is 4.74 Å². The third-order valence-corrected chi connectivity index (χ3v) is 4.09. The molecule has 0 aromatic carbocycles. The molecule has 0 saturated carbocycles. The van der Waals surface area contributed by atoms with Gasteiger partial charge in [-0.25, -0.2) is 4.79 Å². The summed E-state index contributed by atoms with van der Waals surface area (Å²) in [6.07, 6.45) is -18.8. The molecule has 142 valence electrons. The van der Waals surface area contributed by atoms with Crippen LogP contribution in [0.1, 0.15) is 20.8 Å². The van der Waals surface area contributed by atoms with Crippen LogP contribution < -0.4 is 0 Å². The Morgan fingerprint density at radius 1 is 0.893 bits per heavy atom. The van der Waals surface area contributed by atoms with Crippen LogP contribution in [0.25, 0.3) is 0 Å². The molecular weight excluding hydrogens is 383 g/mol. The zero-order valence-corrected chi connectivity index (χ0v) is 15.2. The van der Waals surface area contributed by atoms with Crippen LogP contribution in [-0.4, -0.2) is 110 Å². The summed E-state index contributed by atoms with van der Waals surface area (Å²) in [5.41, 5.74) is -0.923. The van der Waals surface area contributed by atoms with E-state index in [-0.39, 0.29) is 4.90 Å². The van der Waals surface area contributed by atoms with Gasteiger partial charge in [-0.3, -0.25) is 0 Å². The van der Waals surface area contributed by atoms with Crippen molar-refractivity contribution in [2.75, 3.05) is 6.54 Å². The van der Waals surface area contributed by atoms with E-state index >= 15 is 0 Å². The van der Waals surface area contributed by atoms with Crippen LogP contribution in [0.15, 0.2) is 0 Å². The van der Waals surface area contributed by atoms with E-state index in [2.05, 4.69) is 4.74 Å². The molecule has 1 heterocycles. The lowest BCUT2D eigenvalue weighted by Gasteiger charge is -2.69. The Kier molecular flexibility index (Phi) is 6.19. The van der Waals surface area contributed by atoms with Gasteiger partial charge in [0.05, 0.1) is 47.1 Å². The first-order chi connectivity index (χ1) is 12.0. The molecule has 28 heavy (non-hydrogen) atoms. The van der Waals surface area contributed by atoms with Gasteiger partial charge in [-0.2, -0.15) is 26.3 Å². The fraction of sp³-hybridized carbons (Fsp3) is 0.917. The number of hydrogen-bond donors (Lipinski definition) is 0. The van der Waals surface area contributed by atoms with Gasteiger partial charge in [0.1, 0.15) is 0 Å². The SMILES string of the molecule is [B]C1([B])CN(C(C)(C)C)C([B])([B])C([B])([B])N1C(=O)OC(C(F)(F)F)C(F)(F)F. The Morgan fingerprint density at radius 3 is 1.61 bits per heavy atom. The van der Waals surface area contributed by atoms with Gasteiger partial charge < -0.3 is 14.5 Å². The minimum absolute atomic E-state index is 0.132. The van der Waals surface area contributed by atoms with Crippen molar-refractivity contribution < 1.29 is 35.9 Å². The van der Waals surface area contributed by atoms with Crippen LogP contribution in [0.2, 0.25) is 0 Å². The standard InChI is InChI=1S/C12H12B6F6N2O2/c1-7(2,3)25-4-8(13,14)26(12(17,18)11(25,15)16)6(27)28-5(9(19,20)21)10(22,23)24/h5H,4H2,1-3H3. The lowest BCUT2D eigenvalue weighted by atomic mass is 9.33. The molecule has 12 radical (unpaired) electrons. The molecule has 1 rings (SSSR count). The highest BCUT2D eigenvalue weighted by molar-refractivity contribution is 6.56. The first kappa shape index (κ1) is 25.2. The number of nitrogens with zero attached hydrogens (tertiary/aromatic N) is 2. The van der Waals surface area contributed by atoms with Crippen molar-refractivity contribution in [2.45, 2.75) is 60.8 Å². The Hall–Kier alpha value is -0.800. The van der Waals surface area contributed by atoms with Gasteiger partial charge in [-0.05, 0) is 36.8 Å². The number of carbonyl (C=O) groups excluding carboxylic acids is 1.